The maximum Gasteiger partial charge on any atom is 0.269 e. The lowest BCUT2D eigenvalue weighted by molar-refractivity contribution is -0.384. The van der Waals surface area contributed by atoms with Gasteiger partial charge in [0.25, 0.3) is 11.6 Å². The predicted molar refractivity (Wildman–Crippen MR) is 130 cm³/mol. The molecule has 1 N–H and O–H groups in total. The highest BCUT2D eigenvalue weighted by Crippen LogP contribution is 2.27. The number of amides is 1. The summed E-state index contributed by atoms with van der Waals surface area (Å²) in [6, 6.07) is 20.7. The highest BCUT2D eigenvalue weighted by Gasteiger charge is 2.14. The number of nitro groups is 1. The van der Waals surface area contributed by atoms with Crippen LogP contribution in [0.5, 0.6) is 5.75 Å². The van der Waals surface area contributed by atoms with Crippen LogP contribution in [-0.2, 0) is 17.8 Å². The fraction of sp³-hybridized carbons (Fsp3) is 0.120. The first kappa shape index (κ1) is 23.7. The number of halogens is 1. The van der Waals surface area contributed by atoms with Gasteiger partial charge in [-0.05, 0) is 47.9 Å². The van der Waals surface area contributed by atoms with Crippen LogP contribution in [0.15, 0.2) is 76.8 Å². The molecule has 0 aliphatic carbocycles. The lowest BCUT2D eigenvalue weighted by Gasteiger charge is -2.11. The van der Waals surface area contributed by atoms with Crippen LogP contribution in [-0.4, -0.2) is 10.8 Å². The fourth-order valence-electron chi connectivity index (χ4n) is 3.13. The third-order valence-electron chi connectivity index (χ3n) is 4.80. The zero-order chi connectivity index (χ0) is 23.8. The van der Waals surface area contributed by atoms with Gasteiger partial charge in [-0.15, -0.1) is 0 Å². The quantitative estimate of drug-likeness (QED) is 0.174. The van der Waals surface area contributed by atoms with Crippen LogP contribution in [0, 0.1) is 21.4 Å². The summed E-state index contributed by atoms with van der Waals surface area (Å²) in [5, 5.41) is 23.4. The Labute approximate surface area is 199 Å². The normalized spacial score (nSPS) is 10.9. The van der Waals surface area contributed by atoms with E-state index in [1.165, 1.54) is 18.2 Å². The summed E-state index contributed by atoms with van der Waals surface area (Å²) >= 11 is 3.40. The van der Waals surface area contributed by atoms with Crippen molar-refractivity contribution in [2.75, 3.05) is 5.32 Å². The molecule has 0 atom stereocenters. The van der Waals surface area contributed by atoms with Crippen LogP contribution in [0.25, 0.3) is 6.08 Å². The fourth-order valence-corrected chi connectivity index (χ4v) is 3.51. The van der Waals surface area contributed by atoms with Crippen LogP contribution in [0.1, 0.15) is 23.6 Å². The Balaban J connectivity index is 1.84. The van der Waals surface area contributed by atoms with E-state index < -0.39 is 10.8 Å². The molecule has 0 unspecified atom stereocenters. The number of non-ortho nitro benzene ring substituents is 1. The number of rotatable bonds is 8. The van der Waals surface area contributed by atoms with Gasteiger partial charge in [-0.2, -0.15) is 5.26 Å². The molecule has 0 aliphatic rings. The SMILES string of the molecule is CCc1ccccc1NC(=O)/C(C#N)=C/c1cc(Br)ccc1OCc1cccc([N+](=O)[O-])c1. The minimum absolute atomic E-state index is 0.0252. The summed E-state index contributed by atoms with van der Waals surface area (Å²) in [6.07, 6.45) is 2.20. The molecule has 0 aromatic heterocycles. The lowest BCUT2D eigenvalue weighted by atomic mass is 10.1. The van der Waals surface area contributed by atoms with Gasteiger partial charge < -0.3 is 10.1 Å². The Bertz CT molecular complexity index is 1260. The van der Waals surface area contributed by atoms with Gasteiger partial charge in [0.2, 0.25) is 0 Å². The number of carbonyl (C=O) groups excluding carboxylic acids is 1. The third-order valence-corrected chi connectivity index (χ3v) is 5.29. The molecule has 0 aliphatic heterocycles. The van der Waals surface area contributed by atoms with E-state index in [0.717, 1.165) is 16.5 Å². The Morgan fingerprint density at radius 2 is 1.97 bits per heavy atom. The maximum atomic E-state index is 12.8. The molecule has 3 rings (SSSR count). The molecular weight excluding hydrogens is 486 g/mol. The van der Waals surface area contributed by atoms with Crippen molar-refractivity contribution in [3.63, 3.8) is 0 Å². The number of carbonyl (C=O) groups is 1. The standard InChI is InChI=1S/C25H20BrN3O4/c1-2-18-7-3-4-9-23(18)28-25(30)20(15-27)13-19-14-21(26)10-11-24(19)33-16-17-6-5-8-22(12-17)29(31)32/h3-14H,2,16H2,1H3,(H,28,30)/b20-13+. The van der Waals surface area contributed by atoms with Crippen LogP contribution in [0.4, 0.5) is 11.4 Å². The highest BCUT2D eigenvalue weighted by molar-refractivity contribution is 9.10. The topological polar surface area (TPSA) is 105 Å². The molecule has 0 bridgehead atoms. The first-order valence-electron chi connectivity index (χ1n) is 10.1. The monoisotopic (exact) mass is 505 g/mol. The van der Waals surface area contributed by atoms with Gasteiger partial charge >= 0.3 is 0 Å². The minimum atomic E-state index is -0.525. The van der Waals surface area contributed by atoms with Crippen molar-refractivity contribution in [2.24, 2.45) is 0 Å². The van der Waals surface area contributed by atoms with Crippen LogP contribution < -0.4 is 10.1 Å². The average Bonchev–Trinajstić information content (AvgIpc) is 2.82. The van der Waals surface area contributed by atoms with Gasteiger partial charge in [0, 0.05) is 27.9 Å². The van der Waals surface area contributed by atoms with Gasteiger partial charge in [-0.3, -0.25) is 14.9 Å². The molecule has 3 aromatic rings. The third kappa shape index (κ3) is 6.28. The molecule has 33 heavy (non-hydrogen) atoms. The second-order valence-electron chi connectivity index (χ2n) is 7.03. The Morgan fingerprint density at radius 3 is 2.70 bits per heavy atom. The van der Waals surface area contributed by atoms with Gasteiger partial charge in [0.15, 0.2) is 0 Å². The van der Waals surface area contributed by atoms with Gasteiger partial charge in [0.1, 0.15) is 24.0 Å². The zero-order valence-electron chi connectivity index (χ0n) is 17.7. The number of hydrogen-bond acceptors (Lipinski definition) is 5. The van der Waals surface area contributed by atoms with Gasteiger partial charge in [0.05, 0.1) is 4.92 Å². The molecule has 166 valence electrons. The summed E-state index contributed by atoms with van der Waals surface area (Å²) < 4.78 is 6.60. The summed E-state index contributed by atoms with van der Waals surface area (Å²) in [4.78, 5) is 23.3. The van der Waals surface area contributed by atoms with Crippen molar-refractivity contribution in [1.29, 1.82) is 5.26 Å². The predicted octanol–water partition coefficient (Wildman–Crippen LogP) is 6.04. The lowest BCUT2D eigenvalue weighted by Crippen LogP contribution is -2.14. The number of aryl methyl sites for hydroxylation is 1. The van der Waals surface area contributed by atoms with Crippen molar-refractivity contribution in [1.82, 2.24) is 0 Å². The van der Waals surface area contributed by atoms with Crippen molar-refractivity contribution < 1.29 is 14.5 Å². The summed E-state index contributed by atoms with van der Waals surface area (Å²) in [7, 11) is 0. The first-order chi connectivity index (χ1) is 15.9. The largest absolute Gasteiger partial charge is 0.488 e. The molecule has 0 heterocycles. The number of hydrogen-bond donors (Lipinski definition) is 1. The van der Waals surface area contributed by atoms with E-state index in [2.05, 4.69) is 21.2 Å². The Kier molecular flexibility index (Phi) is 7.95. The number of nitro benzene ring substituents is 1. The van der Waals surface area contributed by atoms with E-state index in [1.807, 2.05) is 31.2 Å². The van der Waals surface area contributed by atoms with E-state index in [9.17, 15) is 20.2 Å². The average molecular weight is 506 g/mol. The van der Waals surface area contributed by atoms with E-state index in [4.69, 9.17) is 4.74 Å². The van der Waals surface area contributed by atoms with Crippen molar-refractivity contribution in [3.05, 3.63) is 104 Å². The molecule has 1 amide bonds. The summed E-state index contributed by atoms with van der Waals surface area (Å²) in [5.41, 5.74) is 2.65. The number of nitrogens with one attached hydrogen (secondary N) is 1. The van der Waals surface area contributed by atoms with Gasteiger partial charge in [-0.1, -0.05) is 53.2 Å². The molecule has 0 radical (unpaired) electrons. The van der Waals surface area contributed by atoms with E-state index in [0.29, 0.717) is 22.6 Å². The smallest absolute Gasteiger partial charge is 0.269 e. The van der Waals surface area contributed by atoms with Crippen molar-refractivity contribution in [2.45, 2.75) is 20.0 Å². The summed E-state index contributed by atoms with van der Waals surface area (Å²) in [5.74, 6) is -0.0952. The molecule has 8 heteroatoms. The van der Waals surface area contributed by atoms with Crippen molar-refractivity contribution >= 4 is 39.3 Å². The van der Waals surface area contributed by atoms with E-state index in [1.54, 1.807) is 36.4 Å². The van der Waals surface area contributed by atoms with Crippen LogP contribution in [0.2, 0.25) is 0 Å². The number of ether oxygens (including phenoxy) is 1. The van der Waals surface area contributed by atoms with Crippen molar-refractivity contribution in [3.8, 4) is 11.8 Å². The molecule has 3 aromatic carbocycles. The molecular formula is C25H20BrN3O4. The zero-order valence-corrected chi connectivity index (χ0v) is 19.3. The second kappa shape index (κ2) is 11.1. The Morgan fingerprint density at radius 1 is 1.18 bits per heavy atom. The number of para-hydroxylation sites is 1. The maximum absolute atomic E-state index is 12.8. The summed E-state index contributed by atoms with van der Waals surface area (Å²) in [6.45, 7) is 2.07. The molecule has 7 nitrogen and oxygen atoms in total. The first-order valence-corrected chi connectivity index (χ1v) is 10.9. The second-order valence-corrected chi connectivity index (χ2v) is 7.95. The number of nitriles is 1. The van der Waals surface area contributed by atoms with Crippen LogP contribution >= 0.6 is 15.9 Å². The van der Waals surface area contributed by atoms with Gasteiger partial charge in [-0.25, -0.2) is 0 Å². The van der Waals surface area contributed by atoms with E-state index >= 15 is 0 Å². The van der Waals surface area contributed by atoms with Crippen LogP contribution in [0.3, 0.4) is 0 Å². The number of benzene rings is 3. The minimum Gasteiger partial charge on any atom is -0.488 e. The number of nitrogens with zero attached hydrogens (tertiary/aromatic N) is 2. The molecule has 0 saturated heterocycles. The Hall–Kier alpha value is -3.96. The number of anilines is 1. The van der Waals surface area contributed by atoms with E-state index in [-0.39, 0.29) is 17.9 Å². The molecule has 0 fully saturated rings. The highest BCUT2D eigenvalue weighted by atomic mass is 79.9. The molecule has 0 spiro atoms. The molecule has 0 saturated carbocycles.